The van der Waals surface area contributed by atoms with Crippen LogP contribution in [0.4, 0.5) is 11.4 Å². The molecule has 1 aliphatic rings. The highest BCUT2D eigenvalue weighted by Crippen LogP contribution is 2.30. The highest BCUT2D eigenvalue weighted by molar-refractivity contribution is 7.90. The van der Waals surface area contributed by atoms with Crippen LogP contribution in [0.3, 0.4) is 0 Å². The zero-order valence-corrected chi connectivity index (χ0v) is 12.8. The van der Waals surface area contributed by atoms with E-state index in [1.54, 1.807) is 25.3 Å². The van der Waals surface area contributed by atoms with Crippen LogP contribution in [-0.2, 0) is 14.6 Å². The minimum Gasteiger partial charge on any atom is -0.397 e. The standard InChI is InChI=1S/C14H22N2O3S/c1-19-10-11-4-3-7-16(9-11)14-6-5-12(8-13(14)15)20(2,17)18/h5-6,8,11H,3-4,7,9-10,15H2,1-2H3. The zero-order chi connectivity index (χ0) is 14.8. The molecule has 1 saturated heterocycles. The fraction of sp³-hybridized carbons (Fsp3) is 0.571. The molecule has 5 nitrogen and oxygen atoms in total. The van der Waals surface area contributed by atoms with E-state index in [0.29, 0.717) is 11.6 Å². The predicted octanol–water partition coefficient (Wildman–Crippen LogP) is 1.54. The lowest BCUT2D eigenvalue weighted by atomic mass is 9.98. The fourth-order valence-corrected chi connectivity index (χ4v) is 3.36. The number of rotatable bonds is 4. The maximum absolute atomic E-state index is 11.5. The van der Waals surface area contributed by atoms with Gasteiger partial charge in [-0.3, -0.25) is 0 Å². The monoisotopic (exact) mass is 298 g/mol. The van der Waals surface area contributed by atoms with Crippen molar-refractivity contribution in [3.63, 3.8) is 0 Å². The highest BCUT2D eigenvalue weighted by Gasteiger charge is 2.22. The van der Waals surface area contributed by atoms with Crippen LogP contribution in [0, 0.1) is 5.92 Å². The van der Waals surface area contributed by atoms with Crippen molar-refractivity contribution in [2.75, 3.05) is 43.7 Å². The maximum Gasteiger partial charge on any atom is 0.175 e. The van der Waals surface area contributed by atoms with Gasteiger partial charge in [0.2, 0.25) is 0 Å². The molecule has 0 saturated carbocycles. The molecule has 112 valence electrons. The van der Waals surface area contributed by atoms with Crippen LogP contribution in [0.1, 0.15) is 12.8 Å². The average Bonchev–Trinajstić information content (AvgIpc) is 2.38. The van der Waals surface area contributed by atoms with Gasteiger partial charge in [-0.25, -0.2) is 8.42 Å². The Morgan fingerprint density at radius 2 is 2.20 bits per heavy atom. The van der Waals surface area contributed by atoms with Gasteiger partial charge in [-0.1, -0.05) is 0 Å². The van der Waals surface area contributed by atoms with Gasteiger partial charge < -0.3 is 15.4 Å². The summed E-state index contributed by atoms with van der Waals surface area (Å²) < 4.78 is 28.3. The Kier molecular flexibility index (Phi) is 4.55. The molecule has 0 aromatic heterocycles. The van der Waals surface area contributed by atoms with Gasteiger partial charge in [0.1, 0.15) is 0 Å². The van der Waals surface area contributed by atoms with Crippen molar-refractivity contribution in [2.45, 2.75) is 17.7 Å². The molecule has 1 fully saturated rings. The lowest BCUT2D eigenvalue weighted by Crippen LogP contribution is -2.37. The Hall–Kier alpha value is -1.27. The van der Waals surface area contributed by atoms with Gasteiger partial charge in [0.05, 0.1) is 22.9 Å². The van der Waals surface area contributed by atoms with E-state index in [-0.39, 0.29) is 4.90 Å². The molecule has 0 aliphatic carbocycles. The maximum atomic E-state index is 11.5. The van der Waals surface area contributed by atoms with E-state index in [1.807, 2.05) is 0 Å². The van der Waals surface area contributed by atoms with E-state index < -0.39 is 9.84 Å². The van der Waals surface area contributed by atoms with Gasteiger partial charge in [0, 0.05) is 26.5 Å². The number of anilines is 2. The van der Waals surface area contributed by atoms with Gasteiger partial charge in [-0.05, 0) is 37.0 Å². The van der Waals surface area contributed by atoms with Crippen molar-refractivity contribution in [3.05, 3.63) is 18.2 Å². The minimum atomic E-state index is -3.21. The van der Waals surface area contributed by atoms with Crippen molar-refractivity contribution in [2.24, 2.45) is 5.92 Å². The van der Waals surface area contributed by atoms with Crippen LogP contribution in [-0.4, -0.2) is 41.5 Å². The van der Waals surface area contributed by atoms with Crippen molar-refractivity contribution < 1.29 is 13.2 Å². The topological polar surface area (TPSA) is 72.6 Å². The number of methoxy groups -OCH3 is 1. The number of sulfone groups is 1. The molecule has 1 aromatic carbocycles. The predicted molar refractivity (Wildman–Crippen MR) is 80.8 cm³/mol. The van der Waals surface area contributed by atoms with Gasteiger partial charge in [-0.15, -0.1) is 0 Å². The average molecular weight is 298 g/mol. The summed E-state index contributed by atoms with van der Waals surface area (Å²) in [5.74, 6) is 0.503. The number of nitrogens with zero attached hydrogens (tertiary/aromatic N) is 1. The van der Waals surface area contributed by atoms with Crippen LogP contribution in [0.2, 0.25) is 0 Å². The Morgan fingerprint density at radius 1 is 1.45 bits per heavy atom. The third-order valence-corrected chi connectivity index (χ3v) is 4.80. The molecule has 2 N–H and O–H groups in total. The van der Waals surface area contributed by atoms with Gasteiger partial charge in [0.15, 0.2) is 9.84 Å². The Labute approximate surface area is 120 Å². The van der Waals surface area contributed by atoms with E-state index in [9.17, 15) is 8.42 Å². The second-order valence-corrected chi connectivity index (χ2v) is 7.42. The zero-order valence-electron chi connectivity index (χ0n) is 12.0. The SMILES string of the molecule is COCC1CCCN(c2ccc(S(C)(=O)=O)cc2N)C1. The number of benzene rings is 1. The molecular formula is C14H22N2O3S. The van der Waals surface area contributed by atoms with Crippen molar-refractivity contribution >= 4 is 21.2 Å². The van der Waals surface area contributed by atoms with Crippen LogP contribution < -0.4 is 10.6 Å². The second kappa shape index (κ2) is 6.01. The van der Waals surface area contributed by atoms with Gasteiger partial charge in [-0.2, -0.15) is 0 Å². The molecule has 0 amide bonds. The summed E-state index contributed by atoms with van der Waals surface area (Å²) >= 11 is 0. The first kappa shape index (κ1) is 15.1. The number of nitrogen functional groups attached to an aromatic ring is 1. The summed E-state index contributed by atoms with van der Waals surface area (Å²) in [6, 6.07) is 4.98. The summed E-state index contributed by atoms with van der Waals surface area (Å²) in [6.45, 7) is 2.59. The molecule has 1 aliphatic heterocycles. The van der Waals surface area contributed by atoms with Crippen molar-refractivity contribution in [1.29, 1.82) is 0 Å². The third kappa shape index (κ3) is 3.43. The molecule has 0 spiro atoms. The van der Waals surface area contributed by atoms with Gasteiger partial charge in [0.25, 0.3) is 0 Å². The summed E-state index contributed by atoms with van der Waals surface area (Å²) in [4.78, 5) is 2.48. The molecule has 1 heterocycles. The summed E-state index contributed by atoms with van der Waals surface area (Å²) in [6.07, 6.45) is 3.45. The largest absolute Gasteiger partial charge is 0.397 e. The lowest BCUT2D eigenvalue weighted by molar-refractivity contribution is 0.143. The summed E-state index contributed by atoms with van der Waals surface area (Å²) in [5, 5.41) is 0. The van der Waals surface area contributed by atoms with Crippen LogP contribution in [0.15, 0.2) is 23.1 Å². The number of ether oxygens (including phenoxy) is 1. The molecule has 2 rings (SSSR count). The van der Waals surface area contributed by atoms with E-state index >= 15 is 0 Å². The van der Waals surface area contributed by atoms with E-state index in [4.69, 9.17) is 10.5 Å². The first-order chi connectivity index (χ1) is 9.41. The quantitative estimate of drug-likeness (QED) is 0.854. The lowest BCUT2D eigenvalue weighted by Gasteiger charge is -2.34. The Balaban J connectivity index is 2.20. The molecule has 6 heteroatoms. The third-order valence-electron chi connectivity index (χ3n) is 3.69. The molecule has 1 aromatic rings. The fourth-order valence-electron chi connectivity index (χ4n) is 2.71. The second-order valence-electron chi connectivity index (χ2n) is 5.40. The smallest absolute Gasteiger partial charge is 0.175 e. The summed E-state index contributed by atoms with van der Waals surface area (Å²) in [7, 11) is -1.49. The Morgan fingerprint density at radius 3 is 2.80 bits per heavy atom. The molecule has 20 heavy (non-hydrogen) atoms. The summed E-state index contributed by atoms with van der Waals surface area (Å²) in [5.41, 5.74) is 7.47. The number of piperidine rings is 1. The Bertz CT molecular complexity index is 570. The molecule has 1 atom stereocenters. The molecule has 0 radical (unpaired) electrons. The van der Waals surface area contributed by atoms with Crippen molar-refractivity contribution in [1.82, 2.24) is 0 Å². The van der Waals surface area contributed by atoms with Crippen LogP contribution in [0.25, 0.3) is 0 Å². The van der Waals surface area contributed by atoms with E-state index in [0.717, 1.165) is 38.2 Å². The van der Waals surface area contributed by atoms with Crippen molar-refractivity contribution in [3.8, 4) is 0 Å². The van der Waals surface area contributed by atoms with E-state index in [1.165, 1.54) is 6.26 Å². The normalized spacial score (nSPS) is 20.1. The molecule has 1 unspecified atom stereocenters. The van der Waals surface area contributed by atoms with E-state index in [2.05, 4.69) is 4.90 Å². The molecular weight excluding hydrogens is 276 g/mol. The van der Waals surface area contributed by atoms with Crippen LogP contribution >= 0.6 is 0 Å². The number of nitrogens with two attached hydrogens (primary N) is 1. The highest BCUT2D eigenvalue weighted by atomic mass is 32.2. The first-order valence-electron chi connectivity index (χ1n) is 6.75. The molecule has 0 bridgehead atoms. The number of hydrogen-bond donors (Lipinski definition) is 1. The first-order valence-corrected chi connectivity index (χ1v) is 8.64. The van der Waals surface area contributed by atoms with Crippen LogP contribution in [0.5, 0.6) is 0 Å². The minimum absolute atomic E-state index is 0.268. The number of hydrogen-bond acceptors (Lipinski definition) is 5. The van der Waals surface area contributed by atoms with Gasteiger partial charge >= 0.3 is 0 Å².